The third-order valence-electron chi connectivity index (χ3n) is 4.33. The van der Waals surface area contributed by atoms with Crippen LogP contribution in [0.25, 0.3) is 0 Å². The minimum atomic E-state index is -3.90. The molecule has 162 valence electrons. The van der Waals surface area contributed by atoms with Gasteiger partial charge in [-0.15, -0.1) is 0 Å². The first-order valence-corrected chi connectivity index (χ1v) is 11.5. The summed E-state index contributed by atoms with van der Waals surface area (Å²) in [6.45, 7) is 0.818. The van der Waals surface area contributed by atoms with Crippen molar-refractivity contribution in [1.82, 2.24) is 5.32 Å². The van der Waals surface area contributed by atoms with E-state index in [1.165, 1.54) is 24.3 Å². The maximum atomic E-state index is 12.6. The van der Waals surface area contributed by atoms with Gasteiger partial charge in [0, 0.05) is 24.9 Å². The molecule has 6 nitrogen and oxygen atoms in total. The maximum Gasteiger partial charge on any atom is 0.261 e. The molecule has 0 unspecified atom stereocenters. The zero-order chi connectivity index (χ0) is 22.4. The summed E-state index contributed by atoms with van der Waals surface area (Å²) in [4.78, 5) is 12.5. The van der Waals surface area contributed by atoms with Crippen molar-refractivity contribution in [1.29, 1.82) is 0 Å². The first-order valence-electron chi connectivity index (χ1n) is 9.21. The zero-order valence-electron chi connectivity index (χ0n) is 16.6. The number of carbonyl (C=O) groups is 1. The lowest BCUT2D eigenvalue weighted by Gasteiger charge is -2.11. The Kier molecular flexibility index (Phi) is 7.56. The predicted molar refractivity (Wildman–Crippen MR) is 122 cm³/mol. The minimum Gasteiger partial charge on any atom is -0.380 e. The topological polar surface area (TPSA) is 84.5 Å². The fourth-order valence-electron chi connectivity index (χ4n) is 2.86. The number of halogens is 2. The largest absolute Gasteiger partial charge is 0.380 e. The molecule has 3 rings (SSSR count). The number of carbonyl (C=O) groups excluding carboxylic acids is 1. The molecule has 0 spiro atoms. The van der Waals surface area contributed by atoms with Crippen LogP contribution in [-0.2, 0) is 27.9 Å². The summed E-state index contributed by atoms with van der Waals surface area (Å²) in [5, 5.41) is 3.22. The summed E-state index contributed by atoms with van der Waals surface area (Å²) in [6, 6.07) is 17.9. The van der Waals surface area contributed by atoms with E-state index in [-0.39, 0.29) is 26.5 Å². The molecule has 0 aliphatic heterocycles. The van der Waals surface area contributed by atoms with Gasteiger partial charge in [0.25, 0.3) is 15.9 Å². The lowest BCUT2D eigenvalue weighted by molar-refractivity contribution is 0.0951. The van der Waals surface area contributed by atoms with Crippen molar-refractivity contribution in [2.75, 3.05) is 11.8 Å². The van der Waals surface area contributed by atoms with Gasteiger partial charge in [0.05, 0.1) is 21.5 Å². The van der Waals surface area contributed by atoms with Gasteiger partial charge >= 0.3 is 0 Å². The molecular weight excluding hydrogens is 459 g/mol. The van der Waals surface area contributed by atoms with Crippen molar-refractivity contribution in [2.45, 2.75) is 18.0 Å². The minimum absolute atomic E-state index is 0.0345. The van der Waals surface area contributed by atoms with Crippen LogP contribution in [0.4, 0.5) is 5.69 Å². The number of hydrogen-bond acceptors (Lipinski definition) is 4. The van der Waals surface area contributed by atoms with Crippen LogP contribution in [-0.4, -0.2) is 21.4 Å². The normalized spacial score (nSPS) is 11.2. The Bertz CT molecular complexity index is 1200. The zero-order valence-corrected chi connectivity index (χ0v) is 18.9. The number of hydrogen-bond donors (Lipinski definition) is 2. The van der Waals surface area contributed by atoms with Gasteiger partial charge < -0.3 is 10.1 Å². The van der Waals surface area contributed by atoms with Crippen molar-refractivity contribution in [2.24, 2.45) is 0 Å². The molecule has 9 heteroatoms. The van der Waals surface area contributed by atoms with Gasteiger partial charge in [0.2, 0.25) is 0 Å². The van der Waals surface area contributed by atoms with Crippen LogP contribution < -0.4 is 10.0 Å². The summed E-state index contributed by atoms with van der Waals surface area (Å²) >= 11 is 11.8. The fraction of sp³-hybridized carbons (Fsp3) is 0.136. The average Bonchev–Trinajstić information content (AvgIpc) is 2.74. The number of ether oxygens (including phenoxy) is 1. The maximum absolute atomic E-state index is 12.6. The first kappa shape index (κ1) is 23.1. The van der Waals surface area contributed by atoms with E-state index in [0.29, 0.717) is 18.7 Å². The number of rotatable bonds is 8. The standard InChI is InChI=1S/C22H20Cl2N2O4S/c1-30-14-16-5-2-4-15(10-16)13-25-22(27)17-6-3-7-18(11-17)26-31(28,29)19-8-9-20(23)21(24)12-19/h2-12,26H,13-14H2,1H3,(H,25,27). The highest BCUT2D eigenvalue weighted by Crippen LogP contribution is 2.26. The van der Waals surface area contributed by atoms with Gasteiger partial charge in [0.15, 0.2) is 0 Å². The Balaban J connectivity index is 1.70. The highest BCUT2D eigenvalue weighted by atomic mass is 35.5. The van der Waals surface area contributed by atoms with Gasteiger partial charge in [-0.25, -0.2) is 8.42 Å². The molecule has 0 aliphatic rings. The van der Waals surface area contributed by atoms with Crippen LogP contribution in [0.15, 0.2) is 71.6 Å². The third kappa shape index (κ3) is 6.21. The second kappa shape index (κ2) is 10.2. The summed E-state index contributed by atoms with van der Waals surface area (Å²) < 4.78 is 32.8. The van der Waals surface area contributed by atoms with Crippen LogP contribution in [0, 0.1) is 0 Å². The van der Waals surface area contributed by atoms with Gasteiger partial charge in [-0.3, -0.25) is 9.52 Å². The molecule has 0 saturated carbocycles. The molecule has 31 heavy (non-hydrogen) atoms. The van der Waals surface area contributed by atoms with Gasteiger partial charge in [-0.2, -0.15) is 0 Å². The molecule has 1 amide bonds. The molecule has 0 atom stereocenters. The number of nitrogens with one attached hydrogen (secondary N) is 2. The number of amides is 1. The summed E-state index contributed by atoms with van der Waals surface area (Å²) in [6.07, 6.45) is 0. The van der Waals surface area contributed by atoms with E-state index in [1.807, 2.05) is 24.3 Å². The summed E-state index contributed by atoms with van der Waals surface area (Å²) in [5.41, 5.74) is 2.51. The Labute approximate surface area is 191 Å². The molecule has 0 radical (unpaired) electrons. The van der Waals surface area contributed by atoms with Gasteiger partial charge in [0.1, 0.15) is 0 Å². The molecule has 3 aromatic rings. The van der Waals surface area contributed by atoms with E-state index in [1.54, 1.807) is 25.3 Å². The Morgan fingerprint density at radius 3 is 2.42 bits per heavy atom. The third-order valence-corrected chi connectivity index (χ3v) is 6.45. The van der Waals surface area contributed by atoms with Crippen molar-refractivity contribution >= 4 is 44.8 Å². The number of benzene rings is 3. The second-order valence-corrected chi connectivity index (χ2v) is 9.19. The molecule has 0 fully saturated rings. The Hall–Kier alpha value is -2.58. The Morgan fingerprint density at radius 1 is 0.935 bits per heavy atom. The highest BCUT2D eigenvalue weighted by Gasteiger charge is 2.16. The number of sulfonamides is 1. The first-order chi connectivity index (χ1) is 14.8. The predicted octanol–water partition coefficient (Wildman–Crippen LogP) is 4.87. The lowest BCUT2D eigenvalue weighted by atomic mass is 10.1. The Morgan fingerprint density at radius 2 is 1.68 bits per heavy atom. The highest BCUT2D eigenvalue weighted by molar-refractivity contribution is 7.92. The van der Waals surface area contributed by atoms with E-state index in [4.69, 9.17) is 27.9 Å². The fourth-order valence-corrected chi connectivity index (χ4v) is 4.30. The smallest absolute Gasteiger partial charge is 0.261 e. The van der Waals surface area contributed by atoms with E-state index < -0.39 is 10.0 Å². The van der Waals surface area contributed by atoms with Crippen molar-refractivity contribution in [3.63, 3.8) is 0 Å². The van der Waals surface area contributed by atoms with E-state index >= 15 is 0 Å². The van der Waals surface area contributed by atoms with Crippen molar-refractivity contribution in [3.8, 4) is 0 Å². The van der Waals surface area contributed by atoms with Crippen LogP contribution >= 0.6 is 23.2 Å². The molecule has 3 aromatic carbocycles. The quantitative estimate of drug-likeness (QED) is 0.483. The number of methoxy groups -OCH3 is 1. The molecular formula is C22H20Cl2N2O4S. The van der Waals surface area contributed by atoms with E-state index in [0.717, 1.165) is 11.1 Å². The van der Waals surface area contributed by atoms with Crippen LogP contribution in [0.2, 0.25) is 10.0 Å². The molecule has 0 aliphatic carbocycles. The van der Waals surface area contributed by atoms with Crippen LogP contribution in [0.1, 0.15) is 21.5 Å². The number of anilines is 1. The molecule has 0 saturated heterocycles. The molecule has 0 bridgehead atoms. The lowest BCUT2D eigenvalue weighted by Crippen LogP contribution is -2.23. The van der Waals surface area contributed by atoms with Crippen molar-refractivity contribution in [3.05, 3.63) is 93.5 Å². The van der Waals surface area contributed by atoms with Crippen LogP contribution in [0.3, 0.4) is 0 Å². The van der Waals surface area contributed by atoms with Crippen molar-refractivity contribution < 1.29 is 17.9 Å². The monoisotopic (exact) mass is 478 g/mol. The van der Waals surface area contributed by atoms with E-state index in [9.17, 15) is 13.2 Å². The summed E-state index contributed by atoms with van der Waals surface area (Å²) in [7, 11) is -2.27. The second-order valence-electron chi connectivity index (χ2n) is 6.70. The molecule has 0 heterocycles. The van der Waals surface area contributed by atoms with Gasteiger partial charge in [-0.05, 0) is 47.5 Å². The average molecular weight is 479 g/mol. The molecule has 2 N–H and O–H groups in total. The SMILES string of the molecule is COCc1cccc(CNC(=O)c2cccc(NS(=O)(=O)c3ccc(Cl)c(Cl)c3)c2)c1. The van der Waals surface area contributed by atoms with Crippen LogP contribution in [0.5, 0.6) is 0 Å². The molecule has 0 aromatic heterocycles. The van der Waals surface area contributed by atoms with E-state index in [2.05, 4.69) is 10.0 Å². The summed E-state index contributed by atoms with van der Waals surface area (Å²) in [5.74, 6) is -0.326. The van der Waals surface area contributed by atoms with Gasteiger partial charge in [-0.1, -0.05) is 53.5 Å².